The third-order valence-corrected chi connectivity index (χ3v) is 0. The van der Waals surface area contributed by atoms with Crippen molar-refractivity contribution in [2.75, 3.05) is 0 Å². The number of hydrogen-bond donors (Lipinski definition) is 1. The molecule has 0 rings (SSSR count). The Kier molecular flexibility index (Phi) is 24.4. The molecule has 0 amide bonds. The van der Waals surface area contributed by atoms with Gasteiger partial charge in [-0.3, -0.25) is 0 Å². The molecule has 11 heavy (non-hydrogen) atoms. The van der Waals surface area contributed by atoms with Crippen molar-refractivity contribution in [2.24, 2.45) is 0 Å². The smallest absolute Gasteiger partial charge is 0.369 e. The maximum absolute atomic E-state index is 8.25. The van der Waals surface area contributed by atoms with Crippen LogP contribution in [0, 0.1) is 42.3 Å². The van der Waals surface area contributed by atoms with E-state index in [2.05, 4.69) is 0 Å². The Balaban J connectivity index is -0.0000000383. The standard InChI is InChI=1S/CH4.Ce.4ClH.NO3.H3N/c;;;;;;2-1(3)4;/h1H4;;4*1H;;1H3/q;+4;;;;;-1;/p-3. The normalized spacial score (nSPS) is 7.64. The van der Waals surface area contributed by atoms with Crippen LogP contribution in [0.25, 0.3) is 0 Å². The van der Waals surface area contributed by atoms with Crippen LogP contribution in [-0.2, 0) is 0 Å². The molecule has 0 saturated heterocycles. The molecule has 0 bridgehead atoms. The molecule has 0 fully saturated rings. The van der Waals surface area contributed by atoms with Crippen LogP contribution >= 0.6 is 22.5 Å². The van der Waals surface area contributed by atoms with Crippen molar-refractivity contribution in [3.63, 3.8) is 0 Å². The molecule has 0 saturated carbocycles. The van der Waals surface area contributed by atoms with E-state index in [1.165, 1.54) is 0 Å². The SMILES string of the molecule is C.O=[N+]([O-])[O-].[Cl][Ce]([Cl])([Cl])[Cl].[NH4+]. The molecular weight excluding hydrogens is 370 g/mol. The second-order valence-corrected chi connectivity index (χ2v) is 28.3. The summed E-state index contributed by atoms with van der Waals surface area (Å²) in [7, 11) is 0. The quantitative estimate of drug-likeness (QED) is 0.515. The first-order valence-electron chi connectivity index (χ1n) is 1.30. The van der Waals surface area contributed by atoms with Crippen LogP contribution in [0.15, 0.2) is 0 Å². The molecular formula is CH8CeCl4N2O3. The molecule has 0 aliphatic rings. The van der Waals surface area contributed by atoms with Crippen LogP contribution in [0.5, 0.6) is 0 Å². The average molecular weight is 378 g/mol. The monoisotopic (exact) mass is 376 g/mol. The summed E-state index contributed by atoms with van der Waals surface area (Å²) in [5, 5.41) is 14.8. The Morgan fingerprint density at radius 3 is 1.09 bits per heavy atom. The summed E-state index contributed by atoms with van der Waals surface area (Å²) in [5.41, 5.74) is 20.2. The summed E-state index contributed by atoms with van der Waals surface area (Å²) in [4.78, 5) is 8.25. The van der Waals surface area contributed by atoms with E-state index in [0.29, 0.717) is 0 Å². The molecule has 0 unspecified atom stereocenters. The molecule has 4 N–H and O–H groups in total. The van der Waals surface area contributed by atoms with Crippen molar-refractivity contribution in [1.29, 1.82) is 0 Å². The van der Waals surface area contributed by atoms with Gasteiger partial charge in [0.05, 0.1) is 5.09 Å². The molecule has 0 atom stereocenters. The minimum Gasteiger partial charge on any atom is -0.369 e. The van der Waals surface area contributed by atoms with E-state index in [1.807, 2.05) is 0 Å². The molecule has 0 heterocycles. The molecule has 5 nitrogen and oxygen atoms in total. The summed E-state index contributed by atoms with van der Waals surface area (Å²) in [5.74, 6) is 0. The first-order chi connectivity index (χ1) is 3.73. The van der Waals surface area contributed by atoms with Crippen molar-refractivity contribution < 1.29 is 32.1 Å². The maximum Gasteiger partial charge on any atom is -0.369 e. The van der Waals surface area contributed by atoms with Crippen LogP contribution < -0.4 is 6.15 Å². The fourth-order valence-corrected chi connectivity index (χ4v) is 0. The van der Waals surface area contributed by atoms with Crippen LogP contribution in [0.3, 0.4) is 0 Å². The van der Waals surface area contributed by atoms with Crippen LogP contribution in [-0.4, -0.2) is 5.09 Å². The van der Waals surface area contributed by atoms with E-state index < -0.39 is 32.1 Å². The topological polar surface area (TPSA) is 103 Å². The number of quaternary nitrogens is 1. The van der Waals surface area contributed by atoms with E-state index in [0.717, 1.165) is 0 Å². The van der Waals surface area contributed by atoms with E-state index in [-0.39, 0.29) is 13.6 Å². The Morgan fingerprint density at radius 2 is 1.09 bits per heavy atom. The predicted octanol–water partition coefficient (Wildman–Crippen LogP) is 3.53. The third-order valence-electron chi connectivity index (χ3n) is 0. The van der Waals surface area contributed by atoms with Gasteiger partial charge in [-0.2, -0.15) is 0 Å². The molecule has 0 spiro atoms. The van der Waals surface area contributed by atoms with Crippen molar-refractivity contribution in [3.05, 3.63) is 15.3 Å². The summed E-state index contributed by atoms with van der Waals surface area (Å²) in [6.07, 6.45) is 0. The minimum atomic E-state index is -3.39. The van der Waals surface area contributed by atoms with Gasteiger partial charge in [0.2, 0.25) is 0 Å². The van der Waals surface area contributed by atoms with Gasteiger partial charge in [-0.05, 0) is 0 Å². The third kappa shape index (κ3) is 382. The average Bonchev–Trinajstić information content (AvgIpc) is 1.19. The Labute approximate surface area is 81.9 Å². The zero-order valence-corrected chi connectivity index (χ0v) is 10.8. The van der Waals surface area contributed by atoms with Gasteiger partial charge < -0.3 is 21.5 Å². The Bertz CT molecular complexity index is 85.8. The van der Waals surface area contributed by atoms with Crippen molar-refractivity contribution in [1.82, 2.24) is 6.15 Å². The summed E-state index contributed by atoms with van der Waals surface area (Å²) in [6.45, 7) is 0. The van der Waals surface area contributed by atoms with E-state index in [9.17, 15) is 0 Å². The Hall–Kier alpha value is 1.70. The number of hydrogen-bond acceptors (Lipinski definition) is 3. The zero-order chi connectivity index (χ0) is 8.08. The zero-order valence-electron chi connectivity index (χ0n) is 4.68. The fraction of sp³-hybridized carbons (Fsp3) is 1.00. The first-order valence-corrected chi connectivity index (χ1v) is 17.1. The van der Waals surface area contributed by atoms with E-state index >= 15 is 0 Å². The maximum atomic E-state index is 8.25. The molecule has 0 aromatic carbocycles. The molecule has 10 heteroatoms. The largest absolute Gasteiger partial charge is 0.369 e. The number of halogens is 4. The van der Waals surface area contributed by atoms with Crippen LogP contribution in [0.1, 0.15) is 7.43 Å². The van der Waals surface area contributed by atoms with Crippen LogP contribution in [0.2, 0.25) is 0 Å². The molecule has 0 aromatic rings. The van der Waals surface area contributed by atoms with Crippen molar-refractivity contribution in [3.8, 4) is 0 Å². The van der Waals surface area contributed by atoms with Gasteiger partial charge in [0, 0.05) is 0 Å². The first kappa shape index (κ1) is 23.0. The second-order valence-electron chi connectivity index (χ2n) is 0.652. The fourth-order valence-electron chi connectivity index (χ4n) is 0. The number of nitrogens with zero attached hydrogens (tertiary/aromatic N) is 1. The van der Waals surface area contributed by atoms with Gasteiger partial charge in [-0.1, -0.05) is 7.43 Å². The van der Waals surface area contributed by atoms with Crippen molar-refractivity contribution in [2.45, 2.75) is 7.43 Å². The van der Waals surface area contributed by atoms with Crippen molar-refractivity contribution >= 4 is 22.5 Å². The van der Waals surface area contributed by atoms with Gasteiger partial charge in [0.15, 0.2) is 0 Å². The summed E-state index contributed by atoms with van der Waals surface area (Å²) in [6, 6.07) is 0. The van der Waals surface area contributed by atoms with Gasteiger partial charge in [0.1, 0.15) is 0 Å². The summed E-state index contributed by atoms with van der Waals surface area (Å²) >= 11 is -3.39. The second kappa shape index (κ2) is 11.7. The molecule has 72 valence electrons. The number of rotatable bonds is 0. The molecule has 0 aromatic heterocycles. The predicted molar refractivity (Wildman–Crippen MR) is 46.5 cm³/mol. The Morgan fingerprint density at radius 1 is 1.09 bits per heavy atom. The van der Waals surface area contributed by atoms with E-state index in [1.54, 1.807) is 0 Å². The van der Waals surface area contributed by atoms with Gasteiger partial charge >= 0.3 is 49.5 Å². The molecule has 0 radical (unpaired) electrons. The summed E-state index contributed by atoms with van der Waals surface area (Å²) < 4.78 is 0. The van der Waals surface area contributed by atoms with Gasteiger partial charge in [0.25, 0.3) is 0 Å². The van der Waals surface area contributed by atoms with Crippen LogP contribution in [0.4, 0.5) is 0 Å². The van der Waals surface area contributed by atoms with Gasteiger partial charge in [-0.25, -0.2) is 0 Å². The van der Waals surface area contributed by atoms with Gasteiger partial charge in [-0.15, -0.1) is 0 Å². The minimum absolute atomic E-state index is 0. The molecule has 0 aliphatic carbocycles. The molecule has 0 aliphatic heterocycles. The van der Waals surface area contributed by atoms with E-state index in [4.69, 9.17) is 37.8 Å².